The lowest BCUT2D eigenvalue weighted by Crippen LogP contribution is -2.21. The molecule has 5 nitrogen and oxygen atoms in total. The van der Waals surface area contributed by atoms with E-state index in [1.807, 2.05) is 0 Å². The number of Topliss-reactive ketones (excluding diaryl/α,β-unsaturated/α-hetero) is 1. The van der Waals surface area contributed by atoms with Crippen molar-refractivity contribution in [2.24, 2.45) is 0 Å². The lowest BCUT2D eigenvalue weighted by atomic mass is 10.1. The summed E-state index contributed by atoms with van der Waals surface area (Å²) in [5, 5.41) is 0. The van der Waals surface area contributed by atoms with E-state index in [-0.39, 0.29) is 34.6 Å². The van der Waals surface area contributed by atoms with Crippen LogP contribution in [-0.4, -0.2) is 35.2 Å². The number of oxazole rings is 1. The van der Waals surface area contributed by atoms with Gasteiger partial charge in [-0.25, -0.2) is 9.37 Å². The van der Waals surface area contributed by atoms with E-state index in [2.05, 4.69) is 17.6 Å². The zero-order valence-electron chi connectivity index (χ0n) is 12.2. The predicted octanol–water partition coefficient (Wildman–Crippen LogP) is 2.24. The van der Waals surface area contributed by atoms with Crippen molar-refractivity contribution in [2.75, 3.05) is 13.6 Å². The molecule has 1 aliphatic heterocycles. The van der Waals surface area contributed by atoms with E-state index < -0.39 is 5.78 Å². The lowest BCUT2D eigenvalue weighted by Gasteiger charge is -2.06. The molecule has 3 rings (SSSR count). The number of thiol groups is 1. The van der Waals surface area contributed by atoms with Crippen molar-refractivity contribution in [2.45, 2.75) is 6.42 Å². The fourth-order valence-electron chi connectivity index (χ4n) is 2.31. The number of aromatic nitrogens is 1. The summed E-state index contributed by atoms with van der Waals surface area (Å²) in [6, 6.07) is 6.01. The van der Waals surface area contributed by atoms with E-state index in [0.29, 0.717) is 12.1 Å². The molecule has 7 heteroatoms. The van der Waals surface area contributed by atoms with Crippen molar-refractivity contribution in [1.29, 1.82) is 0 Å². The standard InChI is InChI=1S/C16H13FN2O3S/c1-19-7-12(14(23)16(19)21)13(20)15-18-11(8-22-15)6-9-2-4-10(17)5-3-9/h2-5,8,23H,6-7H2,1H3. The maximum Gasteiger partial charge on any atom is 0.268 e. The van der Waals surface area contributed by atoms with Crippen LogP contribution in [0.4, 0.5) is 4.39 Å². The molecule has 2 aromatic rings. The number of likely N-dealkylation sites (N-methyl/N-ethyl adjacent to an activating group) is 1. The normalized spacial score (nSPS) is 14.7. The third-order valence-corrected chi connectivity index (χ3v) is 4.01. The van der Waals surface area contributed by atoms with Gasteiger partial charge in [-0.05, 0) is 17.7 Å². The minimum absolute atomic E-state index is 0.0771. The highest BCUT2D eigenvalue weighted by Gasteiger charge is 2.32. The first-order valence-electron chi connectivity index (χ1n) is 6.87. The fraction of sp³-hybridized carbons (Fsp3) is 0.188. The molecule has 2 heterocycles. The predicted molar refractivity (Wildman–Crippen MR) is 83.7 cm³/mol. The van der Waals surface area contributed by atoms with Crippen LogP contribution in [0, 0.1) is 5.82 Å². The Balaban J connectivity index is 1.78. The van der Waals surface area contributed by atoms with Crippen LogP contribution >= 0.6 is 12.6 Å². The molecule has 0 fully saturated rings. The third kappa shape index (κ3) is 3.05. The third-order valence-electron chi connectivity index (χ3n) is 3.55. The molecule has 1 aromatic carbocycles. The zero-order chi connectivity index (χ0) is 16.6. The molecule has 1 aliphatic rings. The van der Waals surface area contributed by atoms with Gasteiger partial charge in [0.15, 0.2) is 0 Å². The van der Waals surface area contributed by atoms with Gasteiger partial charge in [-0.15, -0.1) is 12.6 Å². The molecular weight excluding hydrogens is 319 g/mol. The molecule has 0 unspecified atom stereocenters. The van der Waals surface area contributed by atoms with E-state index in [9.17, 15) is 14.0 Å². The number of hydrogen-bond acceptors (Lipinski definition) is 5. The van der Waals surface area contributed by atoms with Crippen molar-refractivity contribution in [1.82, 2.24) is 9.88 Å². The van der Waals surface area contributed by atoms with Gasteiger partial charge >= 0.3 is 0 Å². The van der Waals surface area contributed by atoms with Crippen LogP contribution in [0.2, 0.25) is 0 Å². The summed E-state index contributed by atoms with van der Waals surface area (Å²) in [7, 11) is 1.59. The Kier molecular flexibility index (Phi) is 4.04. The first-order valence-corrected chi connectivity index (χ1v) is 7.31. The Morgan fingerprint density at radius 3 is 2.70 bits per heavy atom. The molecule has 1 amide bonds. The first kappa shape index (κ1) is 15.5. The van der Waals surface area contributed by atoms with Crippen LogP contribution in [0.1, 0.15) is 21.9 Å². The molecule has 0 bridgehead atoms. The molecule has 0 spiro atoms. The Morgan fingerprint density at radius 1 is 1.39 bits per heavy atom. The molecule has 0 saturated carbocycles. The second kappa shape index (κ2) is 6.00. The Labute approximate surface area is 137 Å². The Bertz CT molecular complexity index is 811. The van der Waals surface area contributed by atoms with Gasteiger partial charge in [-0.1, -0.05) is 12.1 Å². The number of nitrogens with zero attached hydrogens (tertiary/aromatic N) is 2. The average Bonchev–Trinajstić information content (AvgIpc) is 3.10. The largest absolute Gasteiger partial charge is 0.442 e. The monoisotopic (exact) mass is 332 g/mol. The minimum Gasteiger partial charge on any atom is -0.442 e. The van der Waals surface area contributed by atoms with Gasteiger partial charge in [0.25, 0.3) is 11.8 Å². The summed E-state index contributed by atoms with van der Waals surface area (Å²) in [6.45, 7) is 0.187. The summed E-state index contributed by atoms with van der Waals surface area (Å²) in [5.74, 6) is -1.13. The van der Waals surface area contributed by atoms with Gasteiger partial charge in [0.1, 0.15) is 12.1 Å². The number of hydrogen-bond donors (Lipinski definition) is 1. The second-order valence-corrected chi connectivity index (χ2v) is 5.71. The molecule has 0 atom stereocenters. The van der Waals surface area contributed by atoms with Crippen LogP contribution in [0.3, 0.4) is 0 Å². The van der Waals surface area contributed by atoms with E-state index >= 15 is 0 Å². The van der Waals surface area contributed by atoms with E-state index in [1.54, 1.807) is 19.2 Å². The van der Waals surface area contributed by atoms with Crippen LogP contribution < -0.4 is 0 Å². The minimum atomic E-state index is -0.446. The van der Waals surface area contributed by atoms with Crippen LogP contribution in [0.5, 0.6) is 0 Å². The summed E-state index contributed by atoms with van der Waals surface area (Å²) in [5.41, 5.74) is 1.68. The van der Waals surface area contributed by atoms with E-state index in [0.717, 1.165) is 5.56 Å². The van der Waals surface area contributed by atoms with Crippen LogP contribution in [-0.2, 0) is 11.2 Å². The number of carbonyl (C=O) groups is 2. The highest BCUT2D eigenvalue weighted by molar-refractivity contribution is 7.85. The molecule has 118 valence electrons. The zero-order valence-corrected chi connectivity index (χ0v) is 13.1. The van der Waals surface area contributed by atoms with Crippen molar-refractivity contribution in [3.8, 4) is 0 Å². The van der Waals surface area contributed by atoms with Crippen LogP contribution in [0.15, 0.2) is 45.4 Å². The number of amides is 1. The fourth-order valence-corrected chi connectivity index (χ4v) is 2.65. The molecule has 0 N–H and O–H groups in total. The highest BCUT2D eigenvalue weighted by Crippen LogP contribution is 2.24. The summed E-state index contributed by atoms with van der Waals surface area (Å²) in [4.78, 5) is 29.7. The Hall–Kier alpha value is -2.41. The highest BCUT2D eigenvalue weighted by atomic mass is 32.1. The number of carbonyl (C=O) groups excluding carboxylic acids is 2. The van der Waals surface area contributed by atoms with Gasteiger partial charge in [-0.2, -0.15) is 0 Å². The molecule has 23 heavy (non-hydrogen) atoms. The number of ketones is 1. The first-order chi connectivity index (χ1) is 11.0. The SMILES string of the molecule is CN1CC(C(=O)c2nc(Cc3ccc(F)cc3)co2)=C(S)C1=O. The Morgan fingerprint density at radius 2 is 2.09 bits per heavy atom. The summed E-state index contributed by atoms with van der Waals surface area (Å²) >= 11 is 4.09. The quantitative estimate of drug-likeness (QED) is 0.689. The van der Waals surface area contributed by atoms with Gasteiger partial charge in [0.2, 0.25) is 5.78 Å². The summed E-state index contributed by atoms with van der Waals surface area (Å²) < 4.78 is 18.1. The smallest absolute Gasteiger partial charge is 0.268 e. The maximum absolute atomic E-state index is 12.9. The summed E-state index contributed by atoms with van der Waals surface area (Å²) in [6.07, 6.45) is 1.80. The van der Waals surface area contributed by atoms with Crippen molar-refractivity contribution in [3.63, 3.8) is 0 Å². The average molecular weight is 332 g/mol. The molecule has 0 radical (unpaired) electrons. The maximum atomic E-state index is 12.9. The molecular formula is C16H13FN2O3S. The number of benzene rings is 1. The van der Waals surface area contributed by atoms with E-state index in [4.69, 9.17) is 4.42 Å². The number of halogens is 1. The molecule has 1 aromatic heterocycles. The van der Waals surface area contributed by atoms with Crippen LogP contribution in [0.25, 0.3) is 0 Å². The van der Waals surface area contributed by atoms with Crippen molar-refractivity contribution < 1.29 is 18.4 Å². The van der Waals surface area contributed by atoms with Gasteiger partial charge in [-0.3, -0.25) is 9.59 Å². The number of rotatable bonds is 4. The lowest BCUT2D eigenvalue weighted by molar-refractivity contribution is -0.123. The second-order valence-electron chi connectivity index (χ2n) is 5.26. The van der Waals surface area contributed by atoms with Crippen molar-refractivity contribution >= 4 is 24.3 Å². The molecule has 0 aliphatic carbocycles. The van der Waals surface area contributed by atoms with Gasteiger partial charge in [0, 0.05) is 19.0 Å². The topological polar surface area (TPSA) is 63.4 Å². The van der Waals surface area contributed by atoms with Crippen molar-refractivity contribution in [3.05, 3.63) is 64.0 Å². The van der Waals surface area contributed by atoms with Gasteiger partial charge in [0.05, 0.1) is 17.1 Å². The molecule has 0 saturated heterocycles. The van der Waals surface area contributed by atoms with E-state index in [1.165, 1.54) is 23.3 Å². The van der Waals surface area contributed by atoms with Gasteiger partial charge < -0.3 is 9.32 Å².